The second kappa shape index (κ2) is 5.68. The van der Waals surface area contributed by atoms with E-state index in [1.54, 1.807) is 14.0 Å². The van der Waals surface area contributed by atoms with Crippen LogP contribution in [0.5, 0.6) is 0 Å². The van der Waals surface area contributed by atoms with E-state index in [4.69, 9.17) is 0 Å². The second-order valence-corrected chi connectivity index (χ2v) is 5.56. The molecule has 0 N–H and O–H groups in total. The van der Waals surface area contributed by atoms with Crippen molar-refractivity contribution >= 4 is 5.91 Å². The van der Waals surface area contributed by atoms with E-state index in [1.807, 2.05) is 20.8 Å². The van der Waals surface area contributed by atoms with Crippen molar-refractivity contribution in [2.75, 3.05) is 7.05 Å². The lowest BCUT2D eigenvalue weighted by molar-refractivity contribution is -0.139. The summed E-state index contributed by atoms with van der Waals surface area (Å²) in [5.41, 5.74) is -0.194. The molecule has 0 radical (unpaired) electrons. The molecular formula is C15H21F2NO. The van der Waals surface area contributed by atoms with Crippen LogP contribution in [0.2, 0.25) is 0 Å². The minimum Gasteiger partial charge on any atom is -0.341 e. The first-order valence-electron chi connectivity index (χ1n) is 6.39. The second-order valence-electron chi connectivity index (χ2n) is 5.56. The molecule has 0 saturated heterocycles. The first-order valence-corrected chi connectivity index (χ1v) is 6.39. The van der Waals surface area contributed by atoms with E-state index in [1.165, 1.54) is 17.0 Å². The summed E-state index contributed by atoms with van der Waals surface area (Å²) in [6.45, 7) is 7.10. The molecule has 0 unspecified atom stereocenters. The Bertz CT molecular complexity index is 483. The van der Waals surface area contributed by atoms with E-state index in [9.17, 15) is 13.6 Å². The fourth-order valence-electron chi connectivity index (χ4n) is 1.84. The van der Waals surface area contributed by atoms with Crippen molar-refractivity contribution in [2.24, 2.45) is 5.41 Å². The zero-order chi connectivity index (χ0) is 14.8. The number of aryl methyl sites for hydroxylation is 1. The molecule has 2 nitrogen and oxygen atoms in total. The van der Waals surface area contributed by atoms with Gasteiger partial charge < -0.3 is 4.90 Å². The number of hydrogen-bond donors (Lipinski definition) is 0. The lowest BCUT2D eigenvalue weighted by atomic mass is 9.88. The molecule has 0 aliphatic heterocycles. The van der Waals surface area contributed by atoms with Crippen LogP contribution in [0.25, 0.3) is 0 Å². The molecule has 106 valence electrons. The van der Waals surface area contributed by atoms with Crippen LogP contribution in [0.4, 0.5) is 8.78 Å². The topological polar surface area (TPSA) is 20.3 Å². The van der Waals surface area contributed by atoms with E-state index in [0.29, 0.717) is 12.0 Å². The largest absolute Gasteiger partial charge is 0.341 e. The third kappa shape index (κ3) is 3.31. The summed E-state index contributed by atoms with van der Waals surface area (Å²) in [6.07, 6.45) is 0.676. The number of amides is 1. The van der Waals surface area contributed by atoms with Crippen molar-refractivity contribution in [3.8, 4) is 0 Å². The first kappa shape index (κ1) is 15.6. The molecule has 1 rings (SSSR count). The maximum atomic E-state index is 13.9. The van der Waals surface area contributed by atoms with E-state index in [-0.39, 0.29) is 18.0 Å². The average Bonchev–Trinajstić information content (AvgIpc) is 2.38. The molecular weight excluding hydrogens is 248 g/mol. The molecule has 4 heteroatoms. The Hall–Kier alpha value is -1.45. The predicted octanol–water partition coefficient (Wildman–Crippen LogP) is 3.67. The Balaban J connectivity index is 2.98. The van der Waals surface area contributed by atoms with Crippen LogP contribution in [0.15, 0.2) is 12.1 Å². The van der Waals surface area contributed by atoms with Crippen molar-refractivity contribution in [1.29, 1.82) is 0 Å². The zero-order valence-electron chi connectivity index (χ0n) is 12.2. The highest BCUT2D eigenvalue weighted by atomic mass is 19.1. The lowest BCUT2D eigenvalue weighted by Crippen LogP contribution is -2.38. The molecule has 0 aliphatic rings. The van der Waals surface area contributed by atoms with Crippen molar-refractivity contribution in [2.45, 2.75) is 40.7 Å². The van der Waals surface area contributed by atoms with Crippen LogP contribution in [0, 0.1) is 24.0 Å². The molecule has 0 saturated carbocycles. The van der Waals surface area contributed by atoms with Crippen molar-refractivity contribution in [3.63, 3.8) is 0 Å². The van der Waals surface area contributed by atoms with E-state index < -0.39 is 17.0 Å². The predicted molar refractivity (Wildman–Crippen MR) is 71.6 cm³/mol. The summed E-state index contributed by atoms with van der Waals surface area (Å²) in [6, 6.07) is 2.63. The van der Waals surface area contributed by atoms with Gasteiger partial charge in [0.2, 0.25) is 5.91 Å². The van der Waals surface area contributed by atoms with Gasteiger partial charge in [-0.05, 0) is 25.0 Å². The Morgan fingerprint density at radius 2 is 1.89 bits per heavy atom. The highest BCUT2D eigenvalue weighted by Crippen LogP contribution is 2.24. The molecule has 0 fully saturated rings. The standard InChI is InChI=1S/C15H21F2NO/c1-6-15(3,4)14(19)18(5)9-11-12(16)8-7-10(2)13(11)17/h7-8H,6,9H2,1-5H3. The van der Waals surface area contributed by atoms with Gasteiger partial charge in [0.25, 0.3) is 0 Å². The van der Waals surface area contributed by atoms with Gasteiger partial charge in [-0.25, -0.2) is 8.78 Å². The number of nitrogens with zero attached hydrogens (tertiary/aromatic N) is 1. The van der Waals surface area contributed by atoms with E-state index in [2.05, 4.69) is 0 Å². The van der Waals surface area contributed by atoms with Gasteiger partial charge >= 0.3 is 0 Å². The molecule has 19 heavy (non-hydrogen) atoms. The van der Waals surface area contributed by atoms with Gasteiger partial charge in [-0.3, -0.25) is 4.79 Å². The molecule has 0 heterocycles. The van der Waals surface area contributed by atoms with Crippen LogP contribution >= 0.6 is 0 Å². The smallest absolute Gasteiger partial charge is 0.228 e. The Morgan fingerprint density at radius 3 is 2.42 bits per heavy atom. The Morgan fingerprint density at radius 1 is 1.32 bits per heavy atom. The summed E-state index contributed by atoms with van der Waals surface area (Å²) in [7, 11) is 1.57. The van der Waals surface area contributed by atoms with Crippen molar-refractivity contribution in [1.82, 2.24) is 4.90 Å². The number of benzene rings is 1. The molecule has 1 amide bonds. The number of carbonyl (C=O) groups is 1. The molecule has 0 spiro atoms. The quantitative estimate of drug-likeness (QED) is 0.816. The first-order chi connectivity index (χ1) is 8.70. The fourth-order valence-corrected chi connectivity index (χ4v) is 1.84. The number of halogens is 2. The average molecular weight is 269 g/mol. The Kier molecular flexibility index (Phi) is 4.66. The summed E-state index contributed by atoms with van der Waals surface area (Å²) in [4.78, 5) is 13.6. The summed E-state index contributed by atoms with van der Waals surface area (Å²) in [5.74, 6) is -1.30. The minimum absolute atomic E-state index is 0.0530. The third-order valence-electron chi connectivity index (χ3n) is 3.58. The molecule has 1 aromatic rings. The highest BCUT2D eigenvalue weighted by Gasteiger charge is 2.29. The minimum atomic E-state index is -0.614. The SMILES string of the molecule is CCC(C)(C)C(=O)N(C)Cc1c(F)ccc(C)c1F. The van der Waals surface area contributed by atoms with Crippen molar-refractivity contribution < 1.29 is 13.6 Å². The summed E-state index contributed by atoms with van der Waals surface area (Å²) >= 11 is 0. The molecule has 0 atom stereocenters. The van der Waals surface area contributed by atoms with Crippen molar-refractivity contribution in [3.05, 3.63) is 34.9 Å². The fraction of sp³-hybridized carbons (Fsp3) is 0.533. The maximum absolute atomic E-state index is 13.9. The third-order valence-corrected chi connectivity index (χ3v) is 3.58. The molecule has 0 aliphatic carbocycles. The van der Waals surface area contributed by atoms with Gasteiger partial charge in [0.05, 0.1) is 6.54 Å². The van der Waals surface area contributed by atoms with Crippen LogP contribution in [-0.4, -0.2) is 17.9 Å². The molecule has 0 bridgehead atoms. The molecule has 1 aromatic carbocycles. The monoisotopic (exact) mass is 269 g/mol. The summed E-state index contributed by atoms with van der Waals surface area (Å²) < 4.78 is 27.5. The van der Waals surface area contributed by atoms with E-state index in [0.717, 1.165) is 0 Å². The Labute approximate surface area is 113 Å². The number of hydrogen-bond acceptors (Lipinski definition) is 1. The summed E-state index contributed by atoms with van der Waals surface area (Å²) in [5, 5.41) is 0. The van der Waals surface area contributed by atoms with Gasteiger partial charge in [-0.2, -0.15) is 0 Å². The van der Waals surface area contributed by atoms with Gasteiger partial charge in [0, 0.05) is 18.0 Å². The number of carbonyl (C=O) groups excluding carboxylic acids is 1. The maximum Gasteiger partial charge on any atom is 0.228 e. The van der Waals surface area contributed by atoms with Crippen LogP contribution in [0.3, 0.4) is 0 Å². The van der Waals surface area contributed by atoms with Gasteiger partial charge in [0.1, 0.15) is 11.6 Å². The van der Waals surface area contributed by atoms with Gasteiger partial charge in [-0.15, -0.1) is 0 Å². The van der Waals surface area contributed by atoms with Gasteiger partial charge in [-0.1, -0.05) is 26.8 Å². The van der Waals surface area contributed by atoms with Gasteiger partial charge in [0.15, 0.2) is 0 Å². The van der Waals surface area contributed by atoms with E-state index >= 15 is 0 Å². The van der Waals surface area contributed by atoms with Crippen LogP contribution in [0.1, 0.15) is 38.3 Å². The van der Waals surface area contributed by atoms with Crippen LogP contribution < -0.4 is 0 Å². The number of rotatable bonds is 4. The lowest BCUT2D eigenvalue weighted by Gasteiger charge is -2.28. The normalized spacial score (nSPS) is 11.5. The highest BCUT2D eigenvalue weighted by molar-refractivity contribution is 5.81. The zero-order valence-corrected chi connectivity index (χ0v) is 12.2. The molecule has 0 aromatic heterocycles. The van der Waals surface area contributed by atoms with Crippen LogP contribution in [-0.2, 0) is 11.3 Å².